The maximum Gasteiger partial charge on any atom is 0.239 e. The average Bonchev–Trinajstić information content (AvgIpc) is 3.12. The molecule has 26 heavy (non-hydrogen) atoms. The minimum atomic E-state index is -0.428. The molecule has 3 rings (SSSR count). The summed E-state index contributed by atoms with van der Waals surface area (Å²) in [5.74, 6) is -0.510. The summed E-state index contributed by atoms with van der Waals surface area (Å²) in [7, 11) is 0. The van der Waals surface area contributed by atoms with Gasteiger partial charge in [0, 0.05) is 15.8 Å². The molecule has 0 unspecified atom stereocenters. The van der Waals surface area contributed by atoms with Gasteiger partial charge in [0.15, 0.2) is 5.13 Å². The number of carbonyl (C=O) groups excluding carboxylic acids is 1. The zero-order valence-electron chi connectivity index (χ0n) is 14.5. The highest BCUT2D eigenvalue weighted by Crippen LogP contribution is 2.28. The molecule has 0 spiro atoms. The van der Waals surface area contributed by atoms with E-state index < -0.39 is 5.25 Å². The van der Waals surface area contributed by atoms with Gasteiger partial charge >= 0.3 is 0 Å². The molecule has 0 radical (unpaired) electrons. The summed E-state index contributed by atoms with van der Waals surface area (Å²) in [4.78, 5) is 17.3. The second kappa shape index (κ2) is 8.47. The monoisotopic (exact) mass is 386 g/mol. The lowest BCUT2D eigenvalue weighted by atomic mass is 10.1. The van der Waals surface area contributed by atoms with Gasteiger partial charge in [0.1, 0.15) is 5.82 Å². The molecule has 1 aromatic heterocycles. The SMILES string of the molecule is CCc1ccc(-c2csc(NC(=O)[C@H](C)Sc3ccccc3F)n2)cc1. The minimum Gasteiger partial charge on any atom is -0.301 e. The summed E-state index contributed by atoms with van der Waals surface area (Å²) in [6.45, 7) is 3.87. The highest BCUT2D eigenvalue weighted by atomic mass is 32.2. The molecule has 0 aliphatic carbocycles. The van der Waals surface area contributed by atoms with Gasteiger partial charge in [-0.1, -0.05) is 43.3 Å². The van der Waals surface area contributed by atoms with Crippen LogP contribution in [0.25, 0.3) is 11.3 Å². The number of thioether (sulfide) groups is 1. The lowest BCUT2D eigenvalue weighted by Crippen LogP contribution is -2.22. The van der Waals surface area contributed by atoms with Crippen LogP contribution in [0.4, 0.5) is 9.52 Å². The molecule has 0 bridgehead atoms. The number of rotatable bonds is 6. The Hall–Kier alpha value is -2.18. The number of hydrogen-bond acceptors (Lipinski definition) is 4. The van der Waals surface area contributed by atoms with E-state index in [4.69, 9.17) is 0 Å². The van der Waals surface area contributed by atoms with E-state index in [0.717, 1.165) is 17.7 Å². The standard InChI is InChI=1S/C20H19FN2OS2/c1-3-14-8-10-15(11-9-14)17-12-25-20(22-17)23-19(24)13(2)26-18-7-5-4-6-16(18)21/h4-13H,3H2,1-2H3,(H,22,23,24)/t13-/m0/s1. The highest BCUT2D eigenvalue weighted by molar-refractivity contribution is 8.00. The molecule has 6 heteroatoms. The number of amides is 1. The Morgan fingerprint density at radius 2 is 1.96 bits per heavy atom. The Balaban J connectivity index is 1.64. The fraction of sp³-hybridized carbons (Fsp3) is 0.200. The summed E-state index contributed by atoms with van der Waals surface area (Å²) >= 11 is 2.58. The average molecular weight is 387 g/mol. The van der Waals surface area contributed by atoms with E-state index >= 15 is 0 Å². The van der Waals surface area contributed by atoms with Crippen molar-refractivity contribution in [3.8, 4) is 11.3 Å². The second-order valence-electron chi connectivity index (χ2n) is 5.77. The molecule has 1 amide bonds. The third-order valence-corrected chi connectivity index (χ3v) is 5.81. The van der Waals surface area contributed by atoms with E-state index in [1.54, 1.807) is 25.1 Å². The van der Waals surface area contributed by atoms with E-state index in [1.165, 1.54) is 34.7 Å². The third-order valence-electron chi connectivity index (χ3n) is 3.90. The number of aromatic nitrogens is 1. The molecule has 134 valence electrons. The smallest absolute Gasteiger partial charge is 0.239 e. The summed E-state index contributed by atoms with van der Waals surface area (Å²) in [5, 5.41) is 4.86. The first-order valence-electron chi connectivity index (χ1n) is 8.33. The zero-order chi connectivity index (χ0) is 18.5. The summed E-state index contributed by atoms with van der Waals surface area (Å²) in [6, 6.07) is 14.7. The Morgan fingerprint density at radius 1 is 1.23 bits per heavy atom. The normalized spacial score (nSPS) is 12.0. The first-order chi connectivity index (χ1) is 12.6. The number of anilines is 1. The molecule has 3 nitrogen and oxygen atoms in total. The van der Waals surface area contributed by atoms with Crippen molar-refractivity contribution < 1.29 is 9.18 Å². The molecule has 0 saturated heterocycles. The van der Waals surface area contributed by atoms with Crippen LogP contribution in [0.2, 0.25) is 0 Å². The maximum atomic E-state index is 13.7. The molecule has 0 aliphatic rings. The van der Waals surface area contributed by atoms with Crippen molar-refractivity contribution in [2.75, 3.05) is 5.32 Å². The Bertz CT molecular complexity index is 893. The molecule has 1 heterocycles. The second-order valence-corrected chi connectivity index (χ2v) is 8.01. The fourth-order valence-corrected chi connectivity index (χ4v) is 3.97. The lowest BCUT2D eigenvalue weighted by molar-refractivity contribution is -0.115. The number of thiazole rings is 1. The summed E-state index contributed by atoms with van der Waals surface area (Å²) in [5.41, 5.74) is 3.13. The van der Waals surface area contributed by atoms with Gasteiger partial charge in [0.2, 0.25) is 5.91 Å². The van der Waals surface area contributed by atoms with E-state index in [9.17, 15) is 9.18 Å². The number of benzene rings is 2. The van der Waals surface area contributed by atoms with Gasteiger partial charge in [-0.2, -0.15) is 0 Å². The van der Waals surface area contributed by atoms with Crippen molar-refractivity contribution in [1.82, 2.24) is 4.98 Å². The summed E-state index contributed by atoms with van der Waals surface area (Å²) < 4.78 is 13.7. The molecule has 2 aromatic carbocycles. The first kappa shape index (κ1) is 18.6. The van der Waals surface area contributed by atoms with Crippen LogP contribution in [0.3, 0.4) is 0 Å². The van der Waals surface area contributed by atoms with Gasteiger partial charge in [-0.05, 0) is 31.0 Å². The Morgan fingerprint density at radius 3 is 2.65 bits per heavy atom. The maximum absolute atomic E-state index is 13.7. The van der Waals surface area contributed by atoms with Crippen LogP contribution in [0, 0.1) is 5.82 Å². The lowest BCUT2D eigenvalue weighted by Gasteiger charge is -2.10. The predicted octanol–water partition coefficient (Wildman–Crippen LogP) is 5.63. The topological polar surface area (TPSA) is 42.0 Å². The Labute approximate surface area is 160 Å². The zero-order valence-corrected chi connectivity index (χ0v) is 16.2. The first-order valence-corrected chi connectivity index (χ1v) is 10.1. The van der Waals surface area contributed by atoms with Crippen molar-refractivity contribution in [2.24, 2.45) is 0 Å². The minimum absolute atomic E-state index is 0.194. The van der Waals surface area contributed by atoms with Crippen molar-refractivity contribution in [3.63, 3.8) is 0 Å². The third kappa shape index (κ3) is 4.51. The van der Waals surface area contributed by atoms with Gasteiger partial charge < -0.3 is 5.32 Å². The van der Waals surface area contributed by atoms with Crippen LogP contribution in [0.5, 0.6) is 0 Å². The Kier molecular flexibility index (Phi) is 6.06. The van der Waals surface area contributed by atoms with Gasteiger partial charge in [-0.3, -0.25) is 4.79 Å². The van der Waals surface area contributed by atoms with Crippen LogP contribution in [-0.4, -0.2) is 16.1 Å². The van der Waals surface area contributed by atoms with E-state index in [2.05, 4.69) is 29.4 Å². The van der Waals surface area contributed by atoms with Crippen molar-refractivity contribution in [3.05, 3.63) is 65.3 Å². The van der Waals surface area contributed by atoms with Gasteiger partial charge in [-0.15, -0.1) is 23.1 Å². The van der Waals surface area contributed by atoms with Crippen molar-refractivity contribution in [1.29, 1.82) is 0 Å². The number of carbonyl (C=O) groups is 1. The van der Waals surface area contributed by atoms with E-state index in [1.807, 2.05) is 17.5 Å². The van der Waals surface area contributed by atoms with Crippen molar-refractivity contribution in [2.45, 2.75) is 30.4 Å². The predicted molar refractivity (Wildman–Crippen MR) is 107 cm³/mol. The van der Waals surface area contributed by atoms with Gasteiger partial charge in [0.25, 0.3) is 0 Å². The fourth-order valence-electron chi connectivity index (χ4n) is 2.37. The van der Waals surface area contributed by atoms with Crippen LogP contribution in [0.15, 0.2) is 58.8 Å². The number of hydrogen-bond donors (Lipinski definition) is 1. The van der Waals surface area contributed by atoms with Crippen LogP contribution < -0.4 is 5.32 Å². The molecule has 1 N–H and O–H groups in total. The molecule has 0 fully saturated rings. The van der Waals surface area contributed by atoms with Gasteiger partial charge in [-0.25, -0.2) is 9.37 Å². The van der Waals surface area contributed by atoms with Crippen LogP contribution in [-0.2, 0) is 11.2 Å². The molecule has 3 aromatic rings. The largest absolute Gasteiger partial charge is 0.301 e. The quantitative estimate of drug-likeness (QED) is 0.558. The molecular formula is C20H19FN2OS2. The molecular weight excluding hydrogens is 367 g/mol. The number of halogens is 1. The highest BCUT2D eigenvalue weighted by Gasteiger charge is 2.17. The van der Waals surface area contributed by atoms with E-state index in [0.29, 0.717) is 10.0 Å². The molecule has 0 aliphatic heterocycles. The summed E-state index contributed by atoms with van der Waals surface area (Å²) in [6.07, 6.45) is 0.996. The van der Waals surface area contributed by atoms with Gasteiger partial charge in [0.05, 0.1) is 10.9 Å². The van der Waals surface area contributed by atoms with Crippen LogP contribution in [0.1, 0.15) is 19.4 Å². The number of nitrogens with zero attached hydrogens (tertiary/aromatic N) is 1. The van der Waals surface area contributed by atoms with Crippen molar-refractivity contribution >= 4 is 34.1 Å². The van der Waals surface area contributed by atoms with E-state index in [-0.39, 0.29) is 11.7 Å². The van der Waals surface area contributed by atoms with Crippen LogP contribution >= 0.6 is 23.1 Å². The number of aryl methyl sites for hydroxylation is 1. The molecule has 1 atom stereocenters. The molecule has 0 saturated carbocycles. The number of nitrogens with one attached hydrogen (secondary N) is 1.